The Morgan fingerprint density at radius 2 is 1.88 bits per heavy atom. The number of methoxy groups -OCH3 is 1. The van der Waals surface area contributed by atoms with E-state index in [-0.39, 0.29) is 23.6 Å². The second kappa shape index (κ2) is 8.00. The second-order valence-corrected chi connectivity index (χ2v) is 6.87. The molecule has 3 N–H and O–H groups in total. The molecule has 0 bridgehead atoms. The quantitative estimate of drug-likeness (QED) is 0.723. The van der Waals surface area contributed by atoms with Crippen LogP contribution in [0, 0.1) is 6.92 Å². The maximum Gasteiger partial charge on any atom is 0.251 e. The number of benzene rings is 2. The van der Waals surface area contributed by atoms with Crippen molar-refractivity contribution in [1.82, 2.24) is 5.32 Å². The van der Waals surface area contributed by atoms with Gasteiger partial charge in [-0.1, -0.05) is 12.1 Å². The zero-order valence-electron chi connectivity index (χ0n) is 14.0. The van der Waals surface area contributed by atoms with E-state index in [1.165, 1.54) is 12.1 Å². The van der Waals surface area contributed by atoms with Crippen LogP contribution in [0.2, 0.25) is 0 Å². The van der Waals surface area contributed by atoms with Gasteiger partial charge >= 0.3 is 0 Å². The van der Waals surface area contributed by atoms with Crippen LogP contribution in [-0.4, -0.2) is 34.6 Å². The molecule has 25 heavy (non-hydrogen) atoms. The van der Waals surface area contributed by atoms with Crippen molar-refractivity contribution in [3.8, 4) is 11.5 Å². The first kappa shape index (κ1) is 18.8. The van der Waals surface area contributed by atoms with E-state index in [0.717, 1.165) is 0 Å². The SMILES string of the molecule is COc1cccc(OCCNC(=O)c2cc(S(N)(=O)=O)ccc2C)c1. The molecular weight excluding hydrogens is 344 g/mol. The van der Waals surface area contributed by atoms with Gasteiger partial charge < -0.3 is 14.8 Å². The average molecular weight is 364 g/mol. The zero-order valence-corrected chi connectivity index (χ0v) is 14.8. The zero-order chi connectivity index (χ0) is 18.4. The molecule has 0 aliphatic carbocycles. The van der Waals surface area contributed by atoms with Crippen LogP contribution in [0.3, 0.4) is 0 Å². The number of amides is 1. The van der Waals surface area contributed by atoms with Crippen molar-refractivity contribution in [3.05, 3.63) is 53.6 Å². The summed E-state index contributed by atoms with van der Waals surface area (Å²) in [6.07, 6.45) is 0. The van der Waals surface area contributed by atoms with Gasteiger partial charge in [-0.15, -0.1) is 0 Å². The van der Waals surface area contributed by atoms with Gasteiger partial charge in [-0.2, -0.15) is 0 Å². The van der Waals surface area contributed by atoms with E-state index >= 15 is 0 Å². The number of primary sulfonamides is 1. The number of nitrogens with two attached hydrogens (primary N) is 1. The monoisotopic (exact) mass is 364 g/mol. The van der Waals surface area contributed by atoms with Crippen molar-refractivity contribution in [2.24, 2.45) is 5.14 Å². The average Bonchev–Trinajstić information content (AvgIpc) is 2.58. The number of nitrogens with one attached hydrogen (secondary N) is 1. The maximum absolute atomic E-state index is 12.2. The number of aryl methyl sites for hydroxylation is 1. The van der Waals surface area contributed by atoms with Crippen LogP contribution in [0.15, 0.2) is 47.4 Å². The highest BCUT2D eigenvalue weighted by Crippen LogP contribution is 2.18. The number of carbonyl (C=O) groups is 1. The van der Waals surface area contributed by atoms with Crippen molar-refractivity contribution in [2.75, 3.05) is 20.3 Å². The van der Waals surface area contributed by atoms with Gasteiger partial charge in [0.05, 0.1) is 18.6 Å². The molecule has 8 heteroatoms. The van der Waals surface area contributed by atoms with Crippen LogP contribution in [-0.2, 0) is 10.0 Å². The number of carbonyl (C=O) groups excluding carboxylic acids is 1. The molecule has 0 saturated heterocycles. The van der Waals surface area contributed by atoms with Crippen LogP contribution < -0.4 is 19.9 Å². The molecule has 0 aromatic heterocycles. The van der Waals surface area contributed by atoms with E-state index in [9.17, 15) is 13.2 Å². The number of rotatable bonds is 7. The summed E-state index contributed by atoms with van der Waals surface area (Å²) < 4.78 is 33.4. The molecule has 0 aliphatic heterocycles. The fourth-order valence-electron chi connectivity index (χ4n) is 2.14. The summed E-state index contributed by atoms with van der Waals surface area (Å²) in [5.41, 5.74) is 0.909. The Morgan fingerprint density at radius 3 is 2.56 bits per heavy atom. The number of hydrogen-bond donors (Lipinski definition) is 2. The number of ether oxygens (including phenoxy) is 2. The summed E-state index contributed by atoms with van der Waals surface area (Å²) in [5, 5.41) is 7.78. The molecule has 7 nitrogen and oxygen atoms in total. The third kappa shape index (κ3) is 5.20. The molecule has 1 amide bonds. The largest absolute Gasteiger partial charge is 0.497 e. The summed E-state index contributed by atoms with van der Waals surface area (Å²) >= 11 is 0. The summed E-state index contributed by atoms with van der Waals surface area (Å²) in [5.74, 6) is 0.912. The van der Waals surface area contributed by atoms with Gasteiger partial charge in [0, 0.05) is 11.6 Å². The van der Waals surface area contributed by atoms with Gasteiger partial charge in [-0.25, -0.2) is 13.6 Å². The third-order valence-corrected chi connectivity index (χ3v) is 4.39. The topological polar surface area (TPSA) is 108 Å². The molecule has 0 radical (unpaired) electrons. The van der Waals surface area contributed by atoms with Crippen molar-refractivity contribution < 1.29 is 22.7 Å². The molecule has 2 rings (SSSR count). The first-order chi connectivity index (χ1) is 11.8. The molecule has 0 unspecified atom stereocenters. The minimum Gasteiger partial charge on any atom is -0.497 e. The molecule has 2 aromatic rings. The Labute approximate surface area is 146 Å². The second-order valence-electron chi connectivity index (χ2n) is 5.31. The van der Waals surface area contributed by atoms with E-state index in [2.05, 4.69) is 5.32 Å². The van der Waals surface area contributed by atoms with E-state index in [4.69, 9.17) is 14.6 Å². The van der Waals surface area contributed by atoms with Gasteiger partial charge in [-0.3, -0.25) is 4.79 Å². The first-order valence-electron chi connectivity index (χ1n) is 7.50. The molecule has 2 aromatic carbocycles. The van der Waals surface area contributed by atoms with Crippen molar-refractivity contribution in [3.63, 3.8) is 0 Å². The normalized spacial score (nSPS) is 11.0. The van der Waals surface area contributed by atoms with Gasteiger partial charge in [-0.05, 0) is 36.8 Å². The highest BCUT2D eigenvalue weighted by atomic mass is 32.2. The van der Waals surface area contributed by atoms with Crippen LogP contribution in [0.25, 0.3) is 0 Å². The fraction of sp³-hybridized carbons (Fsp3) is 0.235. The molecule has 0 saturated carbocycles. The van der Waals surface area contributed by atoms with E-state index in [1.54, 1.807) is 44.4 Å². The van der Waals surface area contributed by atoms with E-state index in [1.807, 2.05) is 0 Å². The van der Waals surface area contributed by atoms with Gasteiger partial charge in [0.15, 0.2) is 0 Å². The molecule has 0 atom stereocenters. The summed E-state index contributed by atoms with van der Waals surface area (Å²) in [4.78, 5) is 12.1. The molecule has 0 heterocycles. The van der Waals surface area contributed by atoms with Crippen LogP contribution >= 0.6 is 0 Å². The highest BCUT2D eigenvalue weighted by Gasteiger charge is 2.14. The van der Waals surface area contributed by atoms with Gasteiger partial charge in [0.1, 0.15) is 18.1 Å². The summed E-state index contributed by atoms with van der Waals surface area (Å²) in [7, 11) is -2.29. The standard InChI is InChI=1S/C17H20N2O5S/c1-12-6-7-15(25(18,21)22)11-16(12)17(20)19-8-9-24-14-5-3-4-13(10-14)23-2/h3-7,10-11H,8-9H2,1-2H3,(H,19,20)(H2,18,21,22). The lowest BCUT2D eigenvalue weighted by Gasteiger charge is -2.11. The van der Waals surface area contributed by atoms with E-state index in [0.29, 0.717) is 17.1 Å². The fourth-order valence-corrected chi connectivity index (χ4v) is 2.68. The van der Waals surface area contributed by atoms with Crippen LogP contribution in [0.4, 0.5) is 0 Å². The lowest BCUT2D eigenvalue weighted by molar-refractivity contribution is 0.0946. The molecular formula is C17H20N2O5S. The van der Waals surface area contributed by atoms with Crippen LogP contribution in [0.5, 0.6) is 11.5 Å². The lowest BCUT2D eigenvalue weighted by Crippen LogP contribution is -2.29. The third-order valence-electron chi connectivity index (χ3n) is 3.48. The van der Waals surface area contributed by atoms with Crippen molar-refractivity contribution >= 4 is 15.9 Å². The molecule has 0 fully saturated rings. The summed E-state index contributed by atoms with van der Waals surface area (Å²) in [6.45, 7) is 2.23. The molecule has 134 valence electrons. The minimum atomic E-state index is -3.86. The number of hydrogen-bond acceptors (Lipinski definition) is 5. The Hall–Kier alpha value is -2.58. The molecule has 0 spiro atoms. The smallest absolute Gasteiger partial charge is 0.251 e. The van der Waals surface area contributed by atoms with Gasteiger partial charge in [0.2, 0.25) is 10.0 Å². The first-order valence-corrected chi connectivity index (χ1v) is 9.04. The Bertz CT molecular complexity index is 865. The predicted octanol–water partition coefficient (Wildman–Crippen LogP) is 1.46. The Morgan fingerprint density at radius 1 is 1.16 bits per heavy atom. The predicted molar refractivity (Wildman–Crippen MR) is 93.4 cm³/mol. The number of sulfonamides is 1. The highest BCUT2D eigenvalue weighted by molar-refractivity contribution is 7.89. The van der Waals surface area contributed by atoms with Crippen molar-refractivity contribution in [1.29, 1.82) is 0 Å². The summed E-state index contributed by atoms with van der Waals surface area (Å²) in [6, 6.07) is 11.3. The van der Waals surface area contributed by atoms with E-state index < -0.39 is 15.9 Å². The Balaban J connectivity index is 1.94. The Kier molecular flexibility index (Phi) is 6.00. The maximum atomic E-state index is 12.2. The van der Waals surface area contributed by atoms with Gasteiger partial charge in [0.25, 0.3) is 5.91 Å². The lowest BCUT2D eigenvalue weighted by atomic mass is 10.1. The molecule has 0 aliphatic rings. The van der Waals surface area contributed by atoms with Crippen molar-refractivity contribution in [2.45, 2.75) is 11.8 Å². The van der Waals surface area contributed by atoms with Crippen LogP contribution in [0.1, 0.15) is 15.9 Å². The minimum absolute atomic E-state index is 0.101.